The lowest BCUT2D eigenvalue weighted by Gasteiger charge is -2.10. The summed E-state index contributed by atoms with van der Waals surface area (Å²) in [4.78, 5) is 17.1. The van der Waals surface area contributed by atoms with Crippen LogP contribution in [0.4, 0.5) is 5.13 Å². The second-order valence-corrected chi connectivity index (χ2v) is 9.39. The minimum Gasteiger partial charge on any atom is -0.298 e. The van der Waals surface area contributed by atoms with Crippen molar-refractivity contribution in [2.24, 2.45) is 0 Å². The Hall–Kier alpha value is -2.29. The Morgan fingerprint density at radius 2 is 1.85 bits per heavy atom. The van der Waals surface area contributed by atoms with Gasteiger partial charge in [0.15, 0.2) is 5.13 Å². The number of amides is 1. The van der Waals surface area contributed by atoms with Crippen LogP contribution in [-0.2, 0) is 10.0 Å². The average molecular weight is 390 g/mol. The Bertz CT molecular complexity index is 1100. The average Bonchev–Trinajstić information content (AvgIpc) is 2.95. The maximum Gasteiger partial charge on any atom is 0.257 e. The minimum atomic E-state index is -3.51. The molecule has 0 fully saturated rings. The molecular weight excluding hydrogens is 370 g/mol. The van der Waals surface area contributed by atoms with Gasteiger partial charge in [-0.1, -0.05) is 29.0 Å². The highest BCUT2D eigenvalue weighted by Crippen LogP contribution is 2.29. The zero-order chi connectivity index (χ0) is 19.1. The second kappa shape index (κ2) is 6.79. The maximum atomic E-state index is 12.5. The molecule has 0 saturated heterocycles. The van der Waals surface area contributed by atoms with E-state index in [9.17, 15) is 13.2 Å². The van der Waals surface area contributed by atoms with Crippen LogP contribution in [0, 0.1) is 13.8 Å². The number of anilines is 1. The van der Waals surface area contributed by atoms with Gasteiger partial charge in [0.2, 0.25) is 10.0 Å². The van der Waals surface area contributed by atoms with Crippen molar-refractivity contribution in [2.45, 2.75) is 18.7 Å². The zero-order valence-corrected chi connectivity index (χ0v) is 16.5. The molecule has 0 bridgehead atoms. The maximum absolute atomic E-state index is 12.5. The normalized spacial score (nSPS) is 11.9. The predicted molar refractivity (Wildman–Crippen MR) is 104 cm³/mol. The van der Waals surface area contributed by atoms with Crippen LogP contribution in [0.3, 0.4) is 0 Å². The number of sulfonamides is 1. The number of aryl methyl sites for hydroxylation is 2. The fourth-order valence-corrected chi connectivity index (χ4v) is 4.47. The highest BCUT2D eigenvalue weighted by atomic mass is 32.2. The predicted octanol–water partition coefficient (Wildman–Crippen LogP) is 3.42. The number of carbonyl (C=O) groups is 1. The monoisotopic (exact) mass is 389 g/mol. The molecule has 0 unspecified atom stereocenters. The van der Waals surface area contributed by atoms with E-state index in [1.807, 2.05) is 26.0 Å². The van der Waals surface area contributed by atoms with Crippen LogP contribution in [0.2, 0.25) is 0 Å². The number of benzene rings is 2. The third kappa shape index (κ3) is 3.48. The molecule has 2 aromatic carbocycles. The van der Waals surface area contributed by atoms with Crippen LogP contribution in [-0.4, -0.2) is 37.7 Å². The number of aromatic nitrogens is 1. The van der Waals surface area contributed by atoms with Crippen LogP contribution < -0.4 is 5.32 Å². The first kappa shape index (κ1) is 18.5. The Morgan fingerprint density at radius 3 is 2.50 bits per heavy atom. The quantitative estimate of drug-likeness (QED) is 0.741. The van der Waals surface area contributed by atoms with Crippen molar-refractivity contribution in [2.75, 3.05) is 19.4 Å². The molecular formula is C18H19N3O3S2. The summed E-state index contributed by atoms with van der Waals surface area (Å²) in [6.45, 7) is 3.86. The molecule has 0 spiro atoms. The van der Waals surface area contributed by atoms with Crippen molar-refractivity contribution in [1.82, 2.24) is 9.29 Å². The van der Waals surface area contributed by atoms with E-state index in [0.29, 0.717) is 20.9 Å². The lowest BCUT2D eigenvalue weighted by molar-refractivity contribution is 0.102. The molecule has 1 N–H and O–H groups in total. The number of nitrogens with one attached hydrogen (secondary N) is 1. The molecule has 8 heteroatoms. The van der Waals surface area contributed by atoms with E-state index in [2.05, 4.69) is 10.3 Å². The summed E-state index contributed by atoms with van der Waals surface area (Å²) in [6.07, 6.45) is 0. The van der Waals surface area contributed by atoms with Gasteiger partial charge in [0.25, 0.3) is 5.91 Å². The molecule has 3 aromatic rings. The Morgan fingerprint density at radius 1 is 1.12 bits per heavy atom. The van der Waals surface area contributed by atoms with Gasteiger partial charge in [-0.2, -0.15) is 0 Å². The van der Waals surface area contributed by atoms with E-state index in [-0.39, 0.29) is 10.8 Å². The van der Waals surface area contributed by atoms with E-state index in [4.69, 9.17) is 0 Å². The molecule has 6 nitrogen and oxygen atoms in total. The summed E-state index contributed by atoms with van der Waals surface area (Å²) in [6, 6.07) is 10.4. The lowest BCUT2D eigenvalue weighted by atomic mass is 10.1. The van der Waals surface area contributed by atoms with Gasteiger partial charge in [-0.15, -0.1) is 0 Å². The van der Waals surface area contributed by atoms with Crippen LogP contribution in [0.15, 0.2) is 41.3 Å². The highest BCUT2D eigenvalue weighted by Gasteiger charge is 2.19. The highest BCUT2D eigenvalue weighted by molar-refractivity contribution is 7.89. The van der Waals surface area contributed by atoms with Gasteiger partial charge >= 0.3 is 0 Å². The number of hydrogen-bond donors (Lipinski definition) is 1. The number of nitrogens with zero attached hydrogens (tertiary/aromatic N) is 2. The van der Waals surface area contributed by atoms with Crippen molar-refractivity contribution in [3.05, 3.63) is 53.1 Å². The third-order valence-electron chi connectivity index (χ3n) is 3.99. The Labute approximate surface area is 156 Å². The van der Waals surface area contributed by atoms with Crippen molar-refractivity contribution < 1.29 is 13.2 Å². The van der Waals surface area contributed by atoms with E-state index in [1.54, 1.807) is 18.2 Å². The van der Waals surface area contributed by atoms with E-state index in [0.717, 1.165) is 15.4 Å². The fourth-order valence-electron chi connectivity index (χ4n) is 2.56. The fraction of sp³-hybridized carbons (Fsp3) is 0.222. The first-order chi connectivity index (χ1) is 12.2. The standard InChI is InChI=1S/C18H19N3O3S2/c1-11-5-7-14(12(2)9-11)17(22)20-18-19-15-8-6-13(10-16(15)25-18)26(23,24)21(3)4/h5-10H,1-4H3,(H,19,20,22). The summed E-state index contributed by atoms with van der Waals surface area (Å²) < 4.78 is 26.4. The van der Waals surface area contributed by atoms with Gasteiger partial charge in [-0.3, -0.25) is 10.1 Å². The molecule has 0 saturated carbocycles. The Balaban J connectivity index is 1.91. The van der Waals surface area contributed by atoms with Crippen molar-refractivity contribution >= 4 is 42.6 Å². The van der Waals surface area contributed by atoms with Crippen LogP contribution in [0.25, 0.3) is 10.2 Å². The topological polar surface area (TPSA) is 79.4 Å². The first-order valence-corrected chi connectivity index (χ1v) is 10.2. The van der Waals surface area contributed by atoms with Gasteiger partial charge in [0.05, 0.1) is 15.1 Å². The summed E-state index contributed by atoms with van der Waals surface area (Å²) in [5.74, 6) is -0.234. The zero-order valence-electron chi connectivity index (χ0n) is 14.9. The molecule has 0 radical (unpaired) electrons. The third-order valence-corrected chi connectivity index (χ3v) is 6.73. The van der Waals surface area contributed by atoms with Crippen molar-refractivity contribution in [1.29, 1.82) is 0 Å². The molecule has 0 aliphatic heterocycles. The number of thiazole rings is 1. The second-order valence-electron chi connectivity index (χ2n) is 6.21. The molecule has 3 rings (SSSR count). The molecule has 0 atom stereocenters. The van der Waals surface area contributed by atoms with Gasteiger partial charge < -0.3 is 0 Å². The lowest BCUT2D eigenvalue weighted by Crippen LogP contribution is -2.22. The summed E-state index contributed by atoms with van der Waals surface area (Å²) in [5, 5.41) is 3.23. The molecule has 0 aliphatic carbocycles. The largest absolute Gasteiger partial charge is 0.298 e. The summed E-state index contributed by atoms with van der Waals surface area (Å²) >= 11 is 1.25. The van der Waals surface area contributed by atoms with Gasteiger partial charge in [0, 0.05) is 19.7 Å². The van der Waals surface area contributed by atoms with Crippen molar-refractivity contribution in [3.63, 3.8) is 0 Å². The summed E-state index contributed by atoms with van der Waals surface area (Å²) in [5.41, 5.74) is 3.21. The van der Waals surface area contributed by atoms with Crippen LogP contribution >= 0.6 is 11.3 Å². The smallest absolute Gasteiger partial charge is 0.257 e. The van der Waals surface area contributed by atoms with Gasteiger partial charge in [-0.05, 0) is 43.7 Å². The van der Waals surface area contributed by atoms with E-state index >= 15 is 0 Å². The number of carbonyl (C=O) groups excluding carboxylic acids is 1. The molecule has 0 aliphatic rings. The number of hydrogen-bond acceptors (Lipinski definition) is 5. The SMILES string of the molecule is Cc1ccc(C(=O)Nc2nc3ccc(S(=O)(=O)N(C)C)cc3s2)c(C)c1. The Kier molecular flexibility index (Phi) is 4.83. The molecule has 1 heterocycles. The number of fused-ring (bicyclic) bond motifs is 1. The van der Waals surface area contributed by atoms with E-state index in [1.165, 1.54) is 31.5 Å². The molecule has 1 amide bonds. The molecule has 1 aromatic heterocycles. The summed E-state index contributed by atoms with van der Waals surface area (Å²) in [7, 11) is -0.534. The molecule has 136 valence electrons. The van der Waals surface area contributed by atoms with Crippen LogP contribution in [0.5, 0.6) is 0 Å². The minimum absolute atomic E-state index is 0.200. The number of rotatable bonds is 4. The molecule has 26 heavy (non-hydrogen) atoms. The van der Waals surface area contributed by atoms with Crippen molar-refractivity contribution in [3.8, 4) is 0 Å². The first-order valence-electron chi connectivity index (χ1n) is 7.90. The van der Waals surface area contributed by atoms with Gasteiger partial charge in [-0.25, -0.2) is 17.7 Å². The van der Waals surface area contributed by atoms with E-state index < -0.39 is 10.0 Å². The van der Waals surface area contributed by atoms with Crippen LogP contribution in [0.1, 0.15) is 21.5 Å². The van der Waals surface area contributed by atoms with Gasteiger partial charge in [0.1, 0.15) is 0 Å².